The molecule has 0 spiro atoms. The minimum absolute atomic E-state index is 0.0566. The second-order valence-electron chi connectivity index (χ2n) is 8.73. The number of carbonyl (C=O) groups is 1. The number of allylic oxidation sites excluding steroid dienone is 1. The third-order valence-corrected chi connectivity index (χ3v) is 7.50. The van der Waals surface area contributed by atoms with E-state index in [0.29, 0.717) is 30.3 Å². The highest BCUT2D eigenvalue weighted by atomic mass is 32.1. The highest BCUT2D eigenvalue weighted by Gasteiger charge is 2.35. The van der Waals surface area contributed by atoms with Crippen molar-refractivity contribution in [2.75, 3.05) is 31.3 Å². The molecule has 2 aliphatic heterocycles. The topological polar surface area (TPSA) is 42.0 Å². The molecule has 0 fully saturated rings. The number of thiophene rings is 1. The summed E-state index contributed by atoms with van der Waals surface area (Å²) in [7, 11) is 0. The molecule has 0 aliphatic carbocycles. The summed E-state index contributed by atoms with van der Waals surface area (Å²) in [5.41, 5.74) is 4.65. The lowest BCUT2D eigenvalue weighted by Crippen LogP contribution is -2.33. The van der Waals surface area contributed by atoms with Crippen molar-refractivity contribution in [3.63, 3.8) is 0 Å². The summed E-state index contributed by atoms with van der Waals surface area (Å²) >= 11 is 1.78. The van der Waals surface area contributed by atoms with Crippen molar-refractivity contribution >= 4 is 28.9 Å². The second-order valence-corrected chi connectivity index (χ2v) is 9.77. The molecule has 34 heavy (non-hydrogen) atoms. The Morgan fingerprint density at radius 1 is 1.15 bits per heavy atom. The normalized spacial score (nSPS) is 16.2. The van der Waals surface area contributed by atoms with Crippen LogP contribution in [0.4, 0.5) is 5.69 Å². The summed E-state index contributed by atoms with van der Waals surface area (Å²) in [6, 6.07) is 14.5. The van der Waals surface area contributed by atoms with Crippen LogP contribution in [0.2, 0.25) is 0 Å². The van der Waals surface area contributed by atoms with Crippen molar-refractivity contribution in [2.45, 2.75) is 33.7 Å². The van der Waals surface area contributed by atoms with Crippen LogP contribution in [-0.2, 0) is 13.0 Å². The van der Waals surface area contributed by atoms with Crippen molar-refractivity contribution < 1.29 is 14.3 Å². The van der Waals surface area contributed by atoms with E-state index >= 15 is 0 Å². The van der Waals surface area contributed by atoms with Gasteiger partial charge in [0.05, 0.1) is 11.1 Å². The molecule has 0 N–H and O–H groups in total. The molecule has 5 rings (SSSR count). The molecular formula is C28H30N2O3S. The van der Waals surface area contributed by atoms with Crippen molar-refractivity contribution in [3.8, 4) is 11.5 Å². The smallest absolute Gasteiger partial charge is 0.232 e. The molecule has 2 aliphatic rings. The molecule has 5 nitrogen and oxygen atoms in total. The molecular weight excluding hydrogens is 444 g/mol. The fourth-order valence-corrected chi connectivity index (χ4v) is 5.36. The molecule has 2 aromatic carbocycles. The first-order valence-electron chi connectivity index (χ1n) is 11.9. The summed E-state index contributed by atoms with van der Waals surface area (Å²) < 4.78 is 12.3. The summed E-state index contributed by atoms with van der Waals surface area (Å²) in [5.74, 6) is 1.80. The zero-order chi connectivity index (χ0) is 23.7. The number of Topliss-reactive ketones (excluding diaryl/α,β-unsaturated/α-hetero) is 1. The maximum absolute atomic E-state index is 13.3. The molecule has 0 radical (unpaired) electrons. The Balaban J connectivity index is 1.38. The number of fused-ring (bicyclic) bond motifs is 3. The van der Waals surface area contributed by atoms with Gasteiger partial charge in [0.15, 0.2) is 5.76 Å². The van der Waals surface area contributed by atoms with Gasteiger partial charge in [-0.15, -0.1) is 11.3 Å². The predicted molar refractivity (Wildman–Crippen MR) is 138 cm³/mol. The molecule has 176 valence electrons. The van der Waals surface area contributed by atoms with Gasteiger partial charge in [-0.2, -0.15) is 0 Å². The van der Waals surface area contributed by atoms with Gasteiger partial charge in [0, 0.05) is 36.7 Å². The monoisotopic (exact) mass is 474 g/mol. The Labute approximate surface area is 205 Å². The number of ketones is 1. The van der Waals surface area contributed by atoms with Gasteiger partial charge in [0.2, 0.25) is 5.78 Å². The van der Waals surface area contributed by atoms with Gasteiger partial charge in [0.25, 0.3) is 0 Å². The molecule has 0 amide bonds. The number of hydrogen-bond acceptors (Lipinski definition) is 6. The first-order chi connectivity index (χ1) is 16.6. The number of aryl methyl sites for hydroxylation is 1. The Morgan fingerprint density at radius 2 is 1.94 bits per heavy atom. The lowest BCUT2D eigenvalue weighted by atomic mass is 9.98. The third-order valence-electron chi connectivity index (χ3n) is 6.56. The van der Waals surface area contributed by atoms with E-state index < -0.39 is 0 Å². The van der Waals surface area contributed by atoms with Gasteiger partial charge < -0.3 is 14.4 Å². The molecule has 1 aromatic heterocycles. The lowest BCUT2D eigenvalue weighted by molar-refractivity contribution is 0.0951. The standard InChI is InChI=1S/C28H30N2O3S/c1-4-30(5-2)21-10-8-20(9-11-21)16-25-27(31)26-19(3)15-24-23(28(26)33-25)17-29(18-32-24)13-12-22-7-6-14-34-22/h6-11,14-16H,4-5,12-13,17-18H2,1-3H3/b25-16-. The van der Waals surface area contributed by atoms with Gasteiger partial charge in [-0.05, 0) is 74.0 Å². The zero-order valence-electron chi connectivity index (χ0n) is 20.0. The van der Waals surface area contributed by atoms with E-state index in [0.717, 1.165) is 48.5 Å². The molecule has 0 bridgehead atoms. The van der Waals surface area contributed by atoms with Gasteiger partial charge in [-0.1, -0.05) is 18.2 Å². The number of rotatable bonds is 7. The maximum Gasteiger partial charge on any atom is 0.232 e. The summed E-state index contributed by atoms with van der Waals surface area (Å²) in [6.07, 6.45) is 2.83. The van der Waals surface area contributed by atoms with Gasteiger partial charge >= 0.3 is 0 Å². The van der Waals surface area contributed by atoms with E-state index in [4.69, 9.17) is 9.47 Å². The zero-order valence-corrected chi connectivity index (χ0v) is 20.8. The number of ether oxygens (including phenoxy) is 2. The highest BCUT2D eigenvalue weighted by molar-refractivity contribution is 7.09. The van der Waals surface area contributed by atoms with Gasteiger partial charge in [-0.3, -0.25) is 9.69 Å². The Kier molecular flexibility index (Phi) is 6.44. The SMILES string of the molecule is CCN(CC)c1ccc(/C=C2\Oc3c4c(cc(C)c3C2=O)OCN(CCc2cccs2)C4)cc1. The molecule has 0 saturated carbocycles. The van der Waals surface area contributed by atoms with Crippen molar-refractivity contribution in [1.29, 1.82) is 0 Å². The highest BCUT2D eigenvalue weighted by Crippen LogP contribution is 2.44. The van der Waals surface area contributed by atoms with Crippen LogP contribution in [0.3, 0.4) is 0 Å². The van der Waals surface area contributed by atoms with E-state index in [-0.39, 0.29) is 5.78 Å². The van der Waals surface area contributed by atoms with Crippen LogP contribution in [0.25, 0.3) is 6.08 Å². The fourth-order valence-electron chi connectivity index (χ4n) is 4.66. The molecule has 0 saturated heterocycles. The number of hydrogen-bond donors (Lipinski definition) is 0. The van der Waals surface area contributed by atoms with Crippen LogP contribution < -0.4 is 14.4 Å². The minimum atomic E-state index is -0.0566. The Bertz CT molecular complexity index is 1210. The molecule has 0 unspecified atom stereocenters. The first kappa shape index (κ1) is 22.7. The van der Waals surface area contributed by atoms with Crippen LogP contribution in [-0.4, -0.2) is 37.0 Å². The summed E-state index contributed by atoms with van der Waals surface area (Å²) in [6.45, 7) is 10.3. The molecule has 3 heterocycles. The van der Waals surface area contributed by atoms with E-state index in [1.54, 1.807) is 11.3 Å². The Morgan fingerprint density at radius 3 is 2.65 bits per heavy atom. The summed E-state index contributed by atoms with van der Waals surface area (Å²) in [4.78, 5) is 19.2. The van der Waals surface area contributed by atoms with Crippen molar-refractivity contribution in [1.82, 2.24) is 4.90 Å². The van der Waals surface area contributed by atoms with Gasteiger partial charge in [0.1, 0.15) is 18.2 Å². The second kappa shape index (κ2) is 9.65. The van der Waals surface area contributed by atoms with Crippen LogP contribution in [0.5, 0.6) is 11.5 Å². The lowest BCUT2D eigenvalue weighted by Gasteiger charge is -2.30. The number of nitrogens with zero attached hydrogens (tertiary/aromatic N) is 2. The Hall–Kier alpha value is -3.09. The number of anilines is 1. The average Bonchev–Trinajstić information content (AvgIpc) is 3.48. The fraction of sp³-hybridized carbons (Fsp3) is 0.321. The number of benzene rings is 2. The first-order valence-corrected chi connectivity index (χ1v) is 12.8. The molecule has 0 atom stereocenters. The van der Waals surface area contributed by atoms with Crippen molar-refractivity contribution in [2.24, 2.45) is 0 Å². The van der Waals surface area contributed by atoms with Crippen LogP contribution >= 0.6 is 11.3 Å². The molecule has 3 aromatic rings. The van der Waals surface area contributed by atoms with Crippen molar-refractivity contribution in [3.05, 3.63) is 80.7 Å². The molecule has 6 heteroatoms. The third kappa shape index (κ3) is 4.36. The van der Waals surface area contributed by atoms with E-state index in [1.807, 2.05) is 31.2 Å². The van der Waals surface area contributed by atoms with E-state index in [1.165, 1.54) is 10.6 Å². The number of carbonyl (C=O) groups excluding carboxylic acids is 1. The van der Waals surface area contributed by atoms with E-state index in [2.05, 4.69) is 53.3 Å². The quantitative estimate of drug-likeness (QED) is 0.398. The maximum atomic E-state index is 13.3. The summed E-state index contributed by atoms with van der Waals surface area (Å²) in [5, 5.41) is 2.11. The van der Waals surface area contributed by atoms with Crippen LogP contribution in [0.1, 0.15) is 45.8 Å². The minimum Gasteiger partial charge on any atom is -0.478 e. The predicted octanol–water partition coefficient (Wildman–Crippen LogP) is 5.91. The van der Waals surface area contributed by atoms with Crippen LogP contribution in [0, 0.1) is 6.92 Å². The largest absolute Gasteiger partial charge is 0.478 e. The average molecular weight is 475 g/mol. The van der Waals surface area contributed by atoms with Gasteiger partial charge in [-0.25, -0.2) is 0 Å². The van der Waals surface area contributed by atoms with E-state index in [9.17, 15) is 4.79 Å². The van der Waals surface area contributed by atoms with Crippen LogP contribution in [0.15, 0.2) is 53.6 Å².